The molecule has 2 aromatic rings. The van der Waals surface area contributed by atoms with E-state index in [9.17, 15) is 4.79 Å². The van der Waals surface area contributed by atoms with Crippen molar-refractivity contribution in [2.45, 2.75) is 38.3 Å². The number of piperidine rings is 1. The van der Waals surface area contributed by atoms with Crippen LogP contribution in [0.25, 0.3) is 10.8 Å². The molecular formula is C21H29N3O. The van der Waals surface area contributed by atoms with Crippen molar-refractivity contribution in [3.8, 4) is 0 Å². The molecule has 134 valence electrons. The summed E-state index contributed by atoms with van der Waals surface area (Å²) in [5.74, 6) is 0. The van der Waals surface area contributed by atoms with Crippen LogP contribution in [0.15, 0.2) is 42.5 Å². The van der Waals surface area contributed by atoms with E-state index < -0.39 is 5.54 Å². The average molecular weight is 339 g/mol. The standard InChI is InChI=1S/C21H29N3O/c1-21(2,19-11-7-9-16-8-5-6-10-18(16)19)22-20(25)24(4)17-12-14-23(3)15-13-17/h5-11,17H,12-15H2,1-4H3,(H,22,25). The summed E-state index contributed by atoms with van der Waals surface area (Å²) in [6.45, 7) is 6.26. The maximum Gasteiger partial charge on any atom is 0.318 e. The Kier molecular flexibility index (Phi) is 5.00. The van der Waals surface area contributed by atoms with E-state index in [0.717, 1.165) is 31.5 Å². The lowest BCUT2D eigenvalue weighted by molar-refractivity contribution is 0.142. The van der Waals surface area contributed by atoms with Crippen LogP contribution in [0.1, 0.15) is 32.3 Å². The van der Waals surface area contributed by atoms with Gasteiger partial charge in [0.2, 0.25) is 0 Å². The molecule has 0 radical (unpaired) electrons. The highest BCUT2D eigenvalue weighted by molar-refractivity contribution is 5.87. The highest BCUT2D eigenvalue weighted by Gasteiger charge is 2.29. The van der Waals surface area contributed by atoms with E-state index >= 15 is 0 Å². The Bertz CT molecular complexity index is 742. The van der Waals surface area contributed by atoms with Crippen LogP contribution in [0.2, 0.25) is 0 Å². The quantitative estimate of drug-likeness (QED) is 0.923. The van der Waals surface area contributed by atoms with E-state index in [-0.39, 0.29) is 6.03 Å². The minimum Gasteiger partial charge on any atom is -0.329 e. The second kappa shape index (κ2) is 7.04. The summed E-state index contributed by atoms with van der Waals surface area (Å²) in [4.78, 5) is 17.1. The first-order valence-electron chi connectivity index (χ1n) is 9.10. The second-order valence-corrected chi connectivity index (χ2v) is 7.73. The molecule has 0 aromatic heterocycles. The molecule has 1 saturated heterocycles. The third kappa shape index (κ3) is 3.79. The normalized spacial score (nSPS) is 16.8. The van der Waals surface area contributed by atoms with Crippen LogP contribution in [0, 0.1) is 0 Å². The highest BCUT2D eigenvalue weighted by atomic mass is 16.2. The maximum atomic E-state index is 12.9. The van der Waals surface area contributed by atoms with Gasteiger partial charge in [-0.05, 0) is 63.2 Å². The predicted octanol–water partition coefficient (Wildman–Crippen LogP) is 3.81. The summed E-state index contributed by atoms with van der Waals surface area (Å²) in [6, 6.07) is 14.9. The van der Waals surface area contributed by atoms with Gasteiger partial charge in [-0.15, -0.1) is 0 Å². The lowest BCUT2D eigenvalue weighted by Crippen LogP contribution is -2.52. The molecular weight excluding hydrogens is 310 g/mol. The van der Waals surface area contributed by atoms with Crippen LogP contribution in [0.3, 0.4) is 0 Å². The van der Waals surface area contributed by atoms with Gasteiger partial charge in [0.05, 0.1) is 5.54 Å². The Morgan fingerprint density at radius 2 is 1.76 bits per heavy atom. The minimum absolute atomic E-state index is 0.00693. The molecule has 0 bridgehead atoms. The molecule has 2 aromatic carbocycles. The molecule has 2 amide bonds. The molecule has 1 heterocycles. The number of likely N-dealkylation sites (tertiary alicyclic amines) is 1. The van der Waals surface area contributed by atoms with Crippen LogP contribution in [0.5, 0.6) is 0 Å². The first-order valence-corrected chi connectivity index (χ1v) is 9.10. The number of benzene rings is 2. The molecule has 0 spiro atoms. The molecule has 0 saturated carbocycles. The molecule has 0 aliphatic carbocycles. The Morgan fingerprint density at radius 1 is 1.12 bits per heavy atom. The van der Waals surface area contributed by atoms with E-state index in [1.165, 1.54) is 10.8 Å². The number of nitrogens with one attached hydrogen (secondary N) is 1. The van der Waals surface area contributed by atoms with Crippen LogP contribution < -0.4 is 5.32 Å². The van der Waals surface area contributed by atoms with Crippen molar-refractivity contribution < 1.29 is 4.79 Å². The average Bonchev–Trinajstić information content (AvgIpc) is 2.61. The van der Waals surface area contributed by atoms with Crippen molar-refractivity contribution in [3.05, 3.63) is 48.0 Å². The Labute approximate surface area is 150 Å². The Morgan fingerprint density at radius 3 is 2.48 bits per heavy atom. The lowest BCUT2D eigenvalue weighted by Gasteiger charge is -2.37. The van der Waals surface area contributed by atoms with Gasteiger partial charge in [0, 0.05) is 13.1 Å². The van der Waals surface area contributed by atoms with Crippen LogP contribution >= 0.6 is 0 Å². The fourth-order valence-electron chi connectivity index (χ4n) is 3.74. The van der Waals surface area contributed by atoms with Gasteiger partial charge in [0.25, 0.3) is 0 Å². The number of hydrogen-bond donors (Lipinski definition) is 1. The summed E-state index contributed by atoms with van der Waals surface area (Å²) >= 11 is 0. The number of nitrogens with zero attached hydrogens (tertiary/aromatic N) is 2. The van der Waals surface area contributed by atoms with Gasteiger partial charge < -0.3 is 15.1 Å². The van der Waals surface area contributed by atoms with Crippen molar-refractivity contribution in [2.75, 3.05) is 27.2 Å². The second-order valence-electron chi connectivity index (χ2n) is 7.73. The van der Waals surface area contributed by atoms with Gasteiger partial charge >= 0.3 is 6.03 Å². The monoisotopic (exact) mass is 339 g/mol. The summed E-state index contributed by atoms with van der Waals surface area (Å²) in [5, 5.41) is 5.64. The zero-order chi connectivity index (χ0) is 18.0. The third-order valence-electron chi connectivity index (χ3n) is 5.44. The fraction of sp³-hybridized carbons (Fsp3) is 0.476. The fourth-order valence-corrected chi connectivity index (χ4v) is 3.74. The number of amides is 2. The number of fused-ring (bicyclic) bond motifs is 1. The molecule has 0 atom stereocenters. The van der Waals surface area contributed by atoms with Gasteiger partial charge in [-0.25, -0.2) is 4.79 Å². The van der Waals surface area contributed by atoms with Crippen molar-refractivity contribution in [1.82, 2.24) is 15.1 Å². The van der Waals surface area contributed by atoms with Crippen molar-refractivity contribution >= 4 is 16.8 Å². The van der Waals surface area contributed by atoms with Crippen LogP contribution in [0.4, 0.5) is 4.79 Å². The van der Waals surface area contributed by atoms with Gasteiger partial charge in [-0.2, -0.15) is 0 Å². The van der Waals surface area contributed by atoms with E-state index in [2.05, 4.69) is 61.4 Å². The first-order chi connectivity index (χ1) is 11.9. The number of rotatable bonds is 3. The molecule has 1 aliphatic heterocycles. The van der Waals surface area contributed by atoms with Crippen LogP contribution in [-0.2, 0) is 5.54 Å². The number of urea groups is 1. The van der Waals surface area contributed by atoms with Crippen molar-refractivity contribution in [1.29, 1.82) is 0 Å². The SMILES string of the molecule is CN1CCC(N(C)C(=O)NC(C)(C)c2cccc3ccccc23)CC1. The summed E-state index contributed by atoms with van der Waals surface area (Å²) < 4.78 is 0. The molecule has 4 heteroatoms. The number of hydrogen-bond acceptors (Lipinski definition) is 2. The summed E-state index contributed by atoms with van der Waals surface area (Å²) in [5.41, 5.74) is 0.716. The topological polar surface area (TPSA) is 35.6 Å². The molecule has 25 heavy (non-hydrogen) atoms. The largest absolute Gasteiger partial charge is 0.329 e. The third-order valence-corrected chi connectivity index (χ3v) is 5.44. The van der Waals surface area contributed by atoms with Gasteiger partial charge in [-0.3, -0.25) is 0 Å². The van der Waals surface area contributed by atoms with Gasteiger partial charge in [0.1, 0.15) is 0 Å². The zero-order valence-electron chi connectivity index (χ0n) is 15.7. The first kappa shape index (κ1) is 17.7. The van der Waals surface area contributed by atoms with Crippen LogP contribution in [-0.4, -0.2) is 49.1 Å². The Balaban J connectivity index is 1.77. The molecule has 1 N–H and O–H groups in total. The summed E-state index contributed by atoms with van der Waals surface area (Å²) in [7, 11) is 4.06. The van der Waals surface area contributed by atoms with E-state index in [4.69, 9.17) is 0 Å². The van der Waals surface area contributed by atoms with E-state index in [1.807, 2.05) is 24.1 Å². The molecule has 4 nitrogen and oxygen atoms in total. The van der Waals surface area contributed by atoms with Gasteiger partial charge in [-0.1, -0.05) is 42.5 Å². The van der Waals surface area contributed by atoms with Crippen molar-refractivity contribution in [2.24, 2.45) is 0 Å². The van der Waals surface area contributed by atoms with E-state index in [1.54, 1.807) is 0 Å². The lowest BCUT2D eigenvalue weighted by atomic mass is 9.89. The van der Waals surface area contributed by atoms with E-state index in [0.29, 0.717) is 6.04 Å². The predicted molar refractivity (Wildman–Crippen MR) is 104 cm³/mol. The molecule has 0 unspecified atom stereocenters. The molecule has 3 rings (SSSR count). The molecule has 1 fully saturated rings. The van der Waals surface area contributed by atoms with Gasteiger partial charge in [0.15, 0.2) is 0 Å². The summed E-state index contributed by atoms with van der Waals surface area (Å²) in [6.07, 6.45) is 2.07. The number of carbonyl (C=O) groups is 1. The highest BCUT2D eigenvalue weighted by Crippen LogP contribution is 2.29. The minimum atomic E-state index is -0.433. The van der Waals surface area contributed by atoms with Crippen molar-refractivity contribution in [3.63, 3.8) is 0 Å². The number of carbonyl (C=O) groups excluding carboxylic acids is 1. The zero-order valence-corrected chi connectivity index (χ0v) is 15.7. The maximum absolute atomic E-state index is 12.9. The molecule has 1 aliphatic rings. The Hall–Kier alpha value is -2.07. The smallest absolute Gasteiger partial charge is 0.318 e.